The molecule has 0 aliphatic carbocycles. The Kier molecular flexibility index (Phi) is 5.47. The molecule has 2 aromatic heterocycles. The van der Waals surface area contributed by atoms with Crippen molar-refractivity contribution in [2.24, 2.45) is 5.92 Å². The van der Waals surface area contributed by atoms with E-state index in [0.717, 1.165) is 16.8 Å². The summed E-state index contributed by atoms with van der Waals surface area (Å²) in [6.07, 6.45) is 0. The molecule has 0 saturated heterocycles. The van der Waals surface area contributed by atoms with Crippen LogP contribution in [0.3, 0.4) is 0 Å². The van der Waals surface area contributed by atoms with E-state index in [2.05, 4.69) is 51.1 Å². The summed E-state index contributed by atoms with van der Waals surface area (Å²) in [4.78, 5) is 7.87. The Bertz CT molecular complexity index is 600. The summed E-state index contributed by atoms with van der Waals surface area (Å²) >= 11 is 5.20. The molecular formula is C15H20BrN3OS. The number of nitrogens with zero attached hydrogens (tertiary/aromatic N) is 2. The maximum atomic E-state index is 5.92. The molecule has 2 N–H and O–H groups in total. The Balaban J connectivity index is 2.09. The van der Waals surface area contributed by atoms with Crippen LogP contribution >= 0.6 is 27.3 Å². The molecule has 0 fully saturated rings. The average Bonchev–Trinajstić information content (AvgIpc) is 2.83. The molecule has 0 saturated carbocycles. The topological polar surface area (TPSA) is 51.4 Å². The fourth-order valence-corrected chi connectivity index (χ4v) is 3.27. The SMILES string of the molecule is CC(C)COc1nc(N(C)Cc2cc(Br)cs2)ccc1N. The van der Waals surface area contributed by atoms with Crippen molar-refractivity contribution in [3.8, 4) is 5.88 Å². The van der Waals surface area contributed by atoms with Gasteiger partial charge in [-0.05, 0) is 40.0 Å². The predicted octanol–water partition coefficient (Wildman–Crippen LogP) is 4.16. The number of pyridine rings is 1. The van der Waals surface area contributed by atoms with Crippen LogP contribution in [-0.2, 0) is 6.54 Å². The molecule has 2 heterocycles. The highest BCUT2D eigenvalue weighted by Gasteiger charge is 2.10. The van der Waals surface area contributed by atoms with E-state index in [9.17, 15) is 0 Å². The summed E-state index contributed by atoms with van der Waals surface area (Å²) in [5.41, 5.74) is 6.50. The monoisotopic (exact) mass is 369 g/mol. The quantitative estimate of drug-likeness (QED) is 0.830. The van der Waals surface area contributed by atoms with Gasteiger partial charge < -0.3 is 15.4 Å². The van der Waals surface area contributed by atoms with Crippen molar-refractivity contribution in [3.63, 3.8) is 0 Å². The van der Waals surface area contributed by atoms with Crippen molar-refractivity contribution >= 4 is 38.8 Å². The third-order valence-electron chi connectivity index (χ3n) is 2.83. The summed E-state index contributed by atoms with van der Waals surface area (Å²) in [5.74, 6) is 1.81. The molecule has 0 bridgehead atoms. The first-order valence-electron chi connectivity index (χ1n) is 6.79. The van der Waals surface area contributed by atoms with E-state index in [1.807, 2.05) is 19.2 Å². The molecule has 114 valence electrons. The number of rotatable bonds is 6. The number of thiophene rings is 1. The molecule has 4 nitrogen and oxygen atoms in total. The number of hydrogen-bond donors (Lipinski definition) is 1. The first kappa shape index (κ1) is 16.1. The number of ether oxygens (including phenoxy) is 1. The molecule has 0 amide bonds. The van der Waals surface area contributed by atoms with Gasteiger partial charge in [0.15, 0.2) is 0 Å². The number of halogens is 1. The molecule has 0 unspecified atom stereocenters. The minimum Gasteiger partial charge on any atom is -0.476 e. The zero-order valence-corrected chi connectivity index (χ0v) is 14.9. The zero-order valence-electron chi connectivity index (χ0n) is 12.5. The van der Waals surface area contributed by atoms with Crippen LogP contribution in [0.1, 0.15) is 18.7 Å². The van der Waals surface area contributed by atoms with Gasteiger partial charge in [0.05, 0.1) is 18.8 Å². The fraction of sp³-hybridized carbons (Fsp3) is 0.400. The molecule has 21 heavy (non-hydrogen) atoms. The number of aromatic nitrogens is 1. The van der Waals surface area contributed by atoms with Gasteiger partial charge in [0.25, 0.3) is 0 Å². The highest BCUT2D eigenvalue weighted by Crippen LogP contribution is 2.26. The van der Waals surface area contributed by atoms with Crippen LogP contribution < -0.4 is 15.4 Å². The van der Waals surface area contributed by atoms with E-state index in [1.165, 1.54) is 4.88 Å². The first-order valence-corrected chi connectivity index (χ1v) is 8.46. The average molecular weight is 370 g/mol. The van der Waals surface area contributed by atoms with Crippen molar-refractivity contribution < 1.29 is 4.74 Å². The van der Waals surface area contributed by atoms with E-state index in [1.54, 1.807) is 11.3 Å². The number of nitrogens with two attached hydrogens (primary N) is 1. The Morgan fingerprint density at radius 3 is 2.81 bits per heavy atom. The summed E-state index contributed by atoms with van der Waals surface area (Å²) in [6, 6.07) is 5.88. The summed E-state index contributed by atoms with van der Waals surface area (Å²) in [6.45, 7) is 5.61. The summed E-state index contributed by atoms with van der Waals surface area (Å²) in [5, 5.41) is 2.08. The van der Waals surface area contributed by atoms with Gasteiger partial charge in [-0.15, -0.1) is 11.3 Å². The second-order valence-corrected chi connectivity index (χ2v) is 7.27. The largest absolute Gasteiger partial charge is 0.476 e. The highest BCUT2D eigenvalue weighted by atomic mass is 79.9. The van der Waals surface area contributed by atoms with Gasteiger partial charge in [-0.3, -0.25) is 0 Å². The molecule has 0 aliphatic heterocycles. The lowest BCUT2D eigenvalue weighted by atomic mass is 10.2. The van der Waals surface area contributed by atoms with Gasteiger partial charge in [0.2, 0.25) is 5.88 Å². The molecule has 0 atom stereocenters. The smallest absolute Gasteiger partial charge is 0.239 e. The number of nitrogen functional groups attached to an aromatic ring is 1. The van der Waals surface area contributed by atoms with Crippen molar-refractivity contribution in [1.29, 1.82) is 0 Å². The minimum absolute atomic E-state index is 0.441. The lowest BCUT2D eigenvalue weighted by Gasteiger charge is -2.19. The van der Waals surface area contributed by atoms with E-state index in [0.29, 0.717) is 24.1 Å². The molecule has 0 radical (unpaired) electrons. The summed E-state index contributed by atoms with van der Waals surface area (Å²) < 4.78 is 6.79. The van der Waals surface area contributed by atoms with Crippen LogP contribution in [0.25, 0.3) is 0 Å². The third kappa shape index (κ3) is 4.61. The van der Waals surface area contributed by atoms with Crippen molar-refractivity contribution in [3.05, 3.63) is 32.9 Å². The lowest BCUT2D eigenvalue weighted by Crippen LogP contribution is -2.18. The normalized spacial score (nSPS) is 10.9. The molecule has 0 spiro atoms. The van der Waals surface area contributed by atoms with Gasteiger partial charge in [0.1, 0.15) is 5.82 Å². The second-order valence-electron chi connectivity index (χ2n) is 5.36. The van der Waals surface area contributed by atoms with Crippen molar-refractivity contribution in [1.82, 2.24) is 4.98 Å². The van der Waals surface area contributed by atoms with Crippen LogP contribution in [0.4, 0.5) is 11.5 Å². The van der Waals surface area contributed by atoms with Crippen molar-refractivity contribution in [2.45, 2.75) is 20.4 Å². The standard InChI is InChI=1S/C15H20BrN3OS/c1-10(2)8-20-15-13(17)4-5-14(18-15)19(3)7-12-6-11(16)9-21-12/h4-6,9-10H,7-8,17H2,1-3H3. The van der Waals surface area contributed by atoms with E-state index in [4.69, 9.17) is 10.5 Å². The van der Waals surface area contributed by atoms with Crippen molar-refractivity contribution in [2.75, 3.05) is 24.3 Å². The first-order chi connectivity index (χ1) is 9.95. The van der Waals surface area contributed by atoms with Gasteiger partial charge >= 0.3 is 0 Å². The van der Waals surface area contributed by atoms with Gasteiger partial charge in [-0.25, -0.2) is 0 Å². The Morgan fingerprint density at radius 2 is 2.19 bits per heavy atom. The lowest BCUT2D eigenvalue weighted by molar-refractivity contribution is 0.263. The van der Waals surface area contributed by atoms with Crippen LogP contribution in [0.2, 0.25) is 0 Å². The maximum absolute atomic E-state index is 5.92. The minimum atomic E-state index is 0.441. The maximum Gasteiger partial charge on any atom is 0.239 e. The molecule has 6 heteroatoms. The summed E-state index contributed by atoms with van der Waals surface area (Å²) in [7, 11) is 2.01. The van der Waals surface area contributed by atoms with Gasteiger partial charge in [-0.2, -0.15) is 4.98 Å². The molecule has 2 rings (SSSR count). The van der Waals surface area contributed by atoms with E-state index >= 15 is 0 Å². The highest BCUT2D eigenvalue weighted by molar-refractivity contribution is 9.10. The van der Waals surface area contributed by atoms with Crippen LogP contribution in [0, 0.1) is 5.92 Å². The van der Waals surface area contributed by atoms with E-state index in [-0.39, 0.29) is 0 Å². The Morgan fingerprint density at radius 1 is 1.43 bits per heavy atom. The number of anilines is 2. The molecule has 2 aromatic rings. The molecular weight excluding hydrogens is 350 g/mol. The van der Waals surface area contributed by atoms with Gasteiger partial charge in [-0.1, -0.05) is 13.8 Å². The molecule has 0 aliphatic rings. The van der Waals surface area contributed by atoms with Crippen LogP contribution in [-0.4, -0.2) is 18.6 Å². The predicted molar refractivity (Wildman–Crippen MR) is 93.1 cm³/mol. The van der Waals surface area contributed by atoms with Gasteiger partial charge in [0, 0.05) is 21.8 Å². The van der Waals surface area contributed by atoms with E-state index < -0.39 is 0 Å². The Hall–Kier alpha value is -1.27. The van der Waals surface area contributed by atoms with Crippen LogP contribution in [0.15, 0.2) is 28.1 Å². The second kappa shape index (κ2) is 7.13. The fourth-order valence-electron chi connectivity index (χ4n) is 1.77. The molecule has 0 aromatic carbocycles. The zero-order chi connectivity index (χ0) is 15.4. The Labute approximate surface area is 138 Å². The number of hydrogen-bond acceptors (Lipinski definition) is 5. The van der Waals surface area contributed by atoms with Crippen LogP contribution in [0.5, 0.6) is 5.88 Å². The third-order valence-corrected chi connectivity index (χ3v) is 4.52.